The van der Waals surface area contributed by atoms with Crippen LogP contribution in [-0.2, 0) is 16.0 Å². The van der Waals surface area contributed by atoms with Crippen LogP contribution in [0.15, 0.2) is 68.6 Å². The summed E-state index contributed by atoms with van der Waals surface area (Å²) in [5.41, 5.74) is 1.51. The molecule has 1 aromatic heterocycles. The van der Waals surface area contributed by atoms with Gasteiger partial charge in [0.2, 0.25) is 17.6 Å². The Bertz CT molecular complexity index is 1200. The number of allylic oxidation sites excluding steroid dienone is 3. The van der Waals surface area contributed by atoms with Crippen molar-refractivity contribution < 1.29 is 14.1 Å². The number of benzene rings is 1. The highest BCUT2D eigenvalue weighted by atomic mass is 35.5. The van der Waals surface area contributed by atoms with E-state index in [0.29, 0.717) is 65.5 Å². The minimum absolute atomic E-state index is 0.0224. The van der Waals surface area contributed by atoms with Gasteiger partial charge in [-0.15, -0.1) is 10.2 Å². The Kier molecular flexibility index (Phi) is 8.44. The van der Waals surface area contributed by atoms with E-state index in [4.69, 9.17) is 27.7 Å². The molecule has 0 fully saturated rings. The Morgan fingerprint density at radius 1 is 1.03 bits per heavy atom. The van der Waals surface area contributed by atoms with Crippen LogP contribution in [0.5, 0.6) is 0 Å². The zero-order valence-corrected chi connectivity index (χ0v) is 20.3. The molecule has 0 radical (unpaired) electrons. The van der Waals surface area contributed by atoms with Gasteiger partial charge in [-0.2, -0.15) is 4.98 Å². The molecule has 1 aliphatic carbocycles. The maximum absolute atomic E-state index is 12.1. The molecular formula is C24H24Cl2N6O3. The van der Waals surface area contributed by atoms with Crippen molar-refractivity contribution in [1.29, 1.82) is 0 Å². The summed E-state index contributed by atoms with van der Waals surface area (Å²) in [5, 5.41) is 18.8. The number of carbonyl (C=O) groups excluding carboxylic acids is 2. The quantitative estimate of drug-likeness (QED) is 0.415. The van der Waals surface area contributed by atoms with E-state index >= 15 is 0 Å². The van der Waals surface area contributed by atoms with Gasteiger partial charge < -0.3 is 15.2 Å². The van der Waals surface area contributed by atoms with Gasteiger partial charge in [0.25, 0.3) is 5.91 Å². The number of azo groups is 1. The molecule has 0 bridgehead atoms. The SMILES string of the molecule is O=C(CCCc1nc(-c2cc(Cl)cc(Cl)c2)no1)NCCCCNC1=C2C=CC=CC2C(=O)N=N1. The molecule has 0 saturated carbocycles. The summed E-state index contributed by atoms with van der Waals surface area (Å²) < 4.78 is 5.26. The number of aromatic nitrogens is 2. The monoisotopic (exact) mass is 514 g/mol. The number of nitrogens with zero attached hydrogens (tertiary/aromatic N) is 4. The van der Waals surface area contributed by atoms with Crippen molar-refractivity contribution in [2.75, 3.05) is 13.1 Å². The molecule has 0 saturated heterocycles. The first-order valence-electron chi connectivity index (χ1n) is 11.3. The fourth-order valence-electron chi connectivity index (χ4n) is 3.67. The summed E-state index contributed by atoms with van der Waals surface area (Å²) >= 11 is 12.0. The molecule has 2 amide bonds. The molecule has 2 N–H and O–H groups in total. The van der Waals surface area contributed by atoms with Gasteiger partial charge in [-0.25, -0.2) is 0 Å². The number of halogens is 2. The summed E-state index contributed by atoms with van der Waals surface area (Å²) in [4.78, 5) is 28.3. The van der Waals surface area contributed by atoms with E-state index in [2.05, 4.69) is 31.0 Å². The molecule has 2 aliphatic rings. The molecule has 2 heterocycles. The smallest absolute Gasteiger partial charge is 0.276 e. The van der Waals surface area contributed by atoms with E-state index in [-0.39, 0.29) is 17.7 Å². The van der Waals surface area contributed by atoms with Crippen molar-refractivity contribution in [3.8, 4) is 11.4 Å². The fourth-order valence-corrected chi connectivity index (χ4v) is 4.20. The second-order valence-corrected chi connectivity index (χ2v) is 8.94. The van der Waals surface area contributed by atoms with Gasteiger partial charge in [0, 0.05) is 47.1 Å². The number of amides is 2. The zero-order chi connectivity index (χ0) is 24.6. The third-order valence-electron chi connectivity index (χ3n) is 5.42. The fraction of sp³-hybridized carbons (Fsp3) is 0.333. The highest BCUT2D eigenvalue weighted by molar-refractivity contribution is 6.35. The number of nitrogens with one attached hydrogen (secondary N) is 2. The minimum Gasteiger partial charge on any atom is -0.368 e. The Balaban J connectivity index is 1.10. The largest absolute Gasteiger partial charge is 0.368 e. The van der Waals surface area contributed by atoms with Crippen LogP contribution >= 0.6 is 23.2 Å². The van der Waals surface area contributed by atoms with Crippen LogP contribution in [0.1, 0.15) is 31.6 Å². The number of fused-ring (bicyclic) bond motifs is 1. The van der Waals surface area contributed by atoms with Crippen molar-refractivity contribution in [3.05, 3.63) is 69.8 Å². The lowest BCUT2D eigenvalue weighted by Crippen LogP contribution is -2.26. The van der Waals surface area contributed by atoms with E-state index in [1.54, 1.807) is 18.2 Å². The van der Waals surface area contributed by atoms with Crippen molar-refractivity contribution in [2.45, 2.75) is 32.1 Å². The van der Waals surface area contributed by atoms with Gasteiger partial charge in [-0.3, -0.25) is 9.59 Å². The molecule has 4 rings (SSSR count). The molecule has 1 atom stereocenters. The average Bonchev–Trinajstić information content (AvgIpc) is 3.31. The summed E-state index contributed by atoms with van der Waals surface area (Å²) in [6.45, 7) is 1.25. The summed E-state index contributed by atoms with van der Waals surface area (Å²) in [5.74, 6) is 0.865. The molecule has 2 aromatic rings. The first-order valence-corrected chi connectivity index (χ1v) is 12.1. The van der Waals surface area contributed by atoms with Crippen LogP contribution in [0, 0.1) is 5.92 Å². The Morgan fingerprint density at radius 2 is 1.83 bits per heavy atom. The van der Waals surface area contributed by atoms with Crippen LogP contribution in [-0.4, -0.2) is 35.0 Å². The predicted molar refractivity (Wildman–Crippen MR) is 132 cm³/mol. The molecule has 11 heteroatoms. The number of hydrogen-bond donors (Lipinski definition) is 2. The van der Waals surface area contributed by atoms with Crippen LogP contribution in [0.3, 0.4) is 0 Å². The number of rotatable bonds is 11. The van der Waals surface area contributed by atoms with Crippen molar-refractivity contribution in [2.24, 2.45) is 16.1 Å². The second-order valence-electron chi connectivity index (χ2n) is 8.07. The van der Waals surface area contributed by atoms with Gasteiger partial charge in [0.15, 0.2) is 5.82 Å². The molecule has 1 unspecified atom stereocenters. The number of unbranched alkanes of at least 4 members (excludes halogenated alkanes) is 1. The van der Waals surface area contributed by atoms with Crippen molar-refractivity contribution in [3.63, 3.8) is 0 Å². The Hall–Kier alpha value is -3.30. The summed E-state index contributed by atoms with van der Waals surface area (Å²) in [6.07, 6.45) is 10.5. The van der Waals surface area contributed by atoms with E-state index in [1.807, 2.05) is 24.3 Å². The average molecular weight is 515 g/mol. The summed E-state index contributed by atoms with van der Waals surface area (Å²) in [7, 11) is 0. The molecule has 9 nitrogen and oxygen atoms in total. The zero-order valence-electron chi connectivity index (χ0n) is 18.8. The Morgan fingerprint density at radius 3 is 2.66 bits per heavy atom. The predicted octanol–water partition coefficient (Wildman–Crippen LogP) is 4.80. The first kappa shape index (κ1) is 24.8. The third kappa shape index (κ3) is 6.86. The lowest BCUT2D eigenvalue weighted by Gasteiger charge is -2.20. The lowest BCUT2D eigenvalue weighted by atomic mass is 9.93. The van der Waals surface area contributed by atoms with Crippen LogP contribution < -0.4 is 10.6 Å². The van der Waals surface area contributed by atoms with Gasteiger partial charge in [-0.05, 0) is 37.5 Å². The Labute approximate surface area is 212 Å². The van der Waals surface area contributed by atoms with E-state index in [0.717, 1.165) is 18.4 Å². The van der Waals surface area contributed by atoms with Gasteiger partial charge in [0.05, 0.1) is 5.92 Å². The topological polar surface area (TPSA) is 122 Å². The normalized spacial score (nSPS) is 16.5. The van der Waals surface area contributed by atoms with Crippen LogP contribution in [0.25, 0.3) is 11.4 Å². The molecule has 35 heavy (non-hydrogen) atoms. The lowest BCUT2D eigenvalue weighted by molar-refractivity contribution is -0.121. The van der Waals surface area contributed by atoms with Crippen molar-refractivity contribution >= 4 is 35.0 Å². The molecular weight excluding hydrogens is 491 g/mol. The van der Waals surface area contributed by atoms with E-state index < -0.39 is 0 Å². The van der Waals surface area contributed by atoms with Crippen LogP contribution in [0.2, 0.25) is 10.0 Å². The third-order valence-corrected chi connectivity index (χ3v) is 5.85. The van der Waals surface area contributed by atoms with Gasteiger partial charge in [-0.1, -0.05) is 52.7 Å². The second kappa shape index (κ2) is 11.9. The molecule has 182 valence electrons. The number of carbonyl (C=O) groups is 2. The van der Waals surface area contributed by atoms with Gasteiger partial charge >= 0.3 is 0 Å². The van der Waals surface area contributed by atoms with Gasteiger partial charge in [0.1, 0.15) is 0 Å². The molecule has 0 spiro atoms. The van der Waals surface area contributed by atoms with E-state index in [1.165, 1.54) is 0 Å². The number of aryl methyl sites for hydroxylation is 1. The molecule has 1 aromatic carbocycles. The van der Waals surface area contributed by atoms with Crippen molar-refractivity contribution in [1.82, 2.24) is 20.8 Å². The summed E-state index contributed by atoms with van der Waals surface area (Å²) in [6, 6.07) is 5.06. The number of hydrogen-bond acceptors (Lipinski definition) is 7. The maximum Gasteiger partial charge on any atom is 0.276 e. The van der Waals surface area contributed by atoms with E-state index in [9.17, 15) is 9.59 Å². The maximum atomic E-state index is 12.1. The first-order chi connectivity index (χ1) is 17.0. The minimum atomic E-state index is -0.353. The highest BCUT2D eigenvalue weighted by Gasteiger charge is 2.26. The molecule has 1 aliphatic heterocycles. The standard InChI is InChI=1S/C24H24Cl2N6O3/c25-16-12-15(13-17(26)14-16)22-29-21(35-32-22)9-5-8-20(33)27-10-3-4-11-28-23-18-6-1-2-7-19(18)24(34)31-30-23/h1-2,6-7,12-14,19,28H,3-5,8-11H2,(H,27,33). The highest BCUT2D eigenvalue weighted by Crippen LogP contribution is 2.27. The van der Waals surface area contributed by atoms with Crippen LogP contribution in [0.4, 0.5) is 0 Å².